The van der Waals surface area contributed by atoms with Gasteiger partial charge in [-0.15, -0.1) is 0 Å². The Balaban J connectivity index is 1.90. The van der Waals surface area contributed by atoms with Crippen molar-refractivity contribution in [2.75, 3.05) is 52.3 Å². The maximum atomic E-state index is 6.01. The van der Waals surface area contributed by atoms with E-state index in [4.69, 9.17) is 4.74 Å². The molecule has 0 radical (unpaired) electrons. The van der Waals surface area contributed by atoms with E-state index in [1.165, 1.54) is 36.2 Å². The van der Waals surface area contributed by atoms with Crippen molar-refractivity contribution in [3.8, 4) is 0 Å². The highest BCUT2D eigenvalue weighted by molar-refractivity contribution is 5.56. The molecular formula is C17H27N3O. The molecular weight excluding hydrogens is 262 g/mol. The summed E-state index contributed by atoms with van der Waals surface area (Å²) in [6.45, 7) is 3.89. The minimum absolute atomic E-state index is 0.230. The van der Waals surface area contributed by atoms with Crippen LogP contribution >= 0.6 is 0 Å². The Morgan fingerprint density at radius 2 is 2.14 bits per heavy atom. The number of likely N-dealkylation sites (N-methyl/N-ethyl adjacent to an activating group) is 2. The van der Waals surface area contributed by atoms with E-state index in [1.54, 1.807) is 0 Å². The predicted molar refractivity (Wildman–Crippen MR) is 87.1 cm³/mol. The van der Waals surface area contributed by atoms with Crippen molar-refractivity contribution in [1.29, 1.82) is 0 Å². The molecule has 21 heavy (non-hydrogen) atoms. The Kier molecular flexibility index (Phi) is 4.48. The monoisotopic (exact) mass is 289 g/mol. The molecule has 1 saturated heterocycles. The number of fused-ring (bicyclic) bond motifs is 1. The molecule has 0 amide bonds. The van der Waals surface area contributed by atoms with Crippen molar-refractivity contribution in [2.24, 2.45) is 0 Å². The minimum Gasteiger partial charge on any atom is -0.374 e. The third-order valence-corrected chi connectivity index (χ3v) is 4.80. The van der Waals surface area contributed by atoms with Gasteiger partial charge in [0.2, 0.25) is 0 Å². The van der Waals surface area contributed by atoms with Gasteiger partial charge in [0, 0.05) is 32.4 Å². The fourth-order valence-corrected chi connectivity index (χ4v) is 3.69. The number of hydrogen-bond acceptors (Lipinski definition) is 4. The van der Waals surface area contributed by atoms with Gasteiger partial charge in [0.15, 0.2) is 0 Å². The first-order chi connectivity index (χ1) is 10.2. The highest BCUT2D eigenvalue weighted by atomic mass is 16.5. The molecule has 0 saturated carbocycles. The highest BCUT2D eigenvalue weighted by Crippen LogP contribution is 2.33. The zero-order valence-corrected chi connectivity index (χ0v) is 13.4. The van der Waals surface area contributed by atoms with Crippen molar-refractivity contribution < 1.29 is 4.74 Å². The van der Waals surface area contributed by atoms with Crippen molar-refractivity contribution in [2.45, 2.75) is 25.0 Å². The number of anilines is 1. The third kappa shape index (κ3) is 2.93. The maximum absolute atomic E-state index is 6.01. The first-order valence-corrected chi connectivity index (χ1v) is 8.01. The van der Waals surface area contributed by atoms with Gasteiger partial charge in [-0.05, 0) is 44.1 Å². The molecule has 0 aromatic heterocycles. The SMILES string of the molecule is CNCC1OCCN(C)C1c1ccc2c(c1)CCCN2C. The second kappa shape index (κ2) is 6.34. The Labute approximate surface area is 128 Å². The maximum Gasteiger partial charge on any atom is 0.0896 e. The van der Waals surface area contributed by atoms with Gasteiger partial charge in [0.25, 0.3) is 0 Å². The number of rotatable bonds is 3. The normalized spacial score (nSPS) is 26.7. The van der Waals surface area contributed by atoms with Gasteiger partial charge in [-0.3, -0.25) is 4.90 Å². The third-order valence-electron chi connectivity index (χ3n) is 4.80. The van der Waals surface area contributed by atoms with E-state index in [0.29, 0.717) is 6.04 Å². The fraction of sp³-hybridized carbons (Fsp3) is 0.647. The van der Waals surface area contributed by atoms with E-state index in [-0.39, 0.29) is 6.10 Å². The Morgan fingerprint density at radius 1 is 1.29 bits per heavy atom. The van der Waals surface area contributed by atoms with Gasteiger partial charge in [-0.1, -0.05) is 12.1 Å². The molecule has 0 bridgehead atoms. The predicted octanol–water partition coefficient (Wildman–Crippen LogP) is 1.66. The summed E-state index contributed by atoms with van der Waals surface area (Å²) in [5.74, 6) is 0. The van der Waals surface area contributed by atoms with Crippen molar-refractivity contribution in [3.05, 3.63) is 29.3 Å². The molecule has 2 heterocycles. The van der Waals surface area contributed by atoms with Crippen molar-refractivity contribution >= 4 is 5.69 Å². The molecule has 2 atom stereocenters. The molecule has 4 heteroatoms. The van der Waals surface area contributed by atoms with Crippen LogP contribution in [0.4, 0.5) is 5.69 Å². The molecule has 4 nitrogen and oxygen atoms in total. The molecule has 1 aromatic carbocycles. The average molecular weight is 289 g/mol. The summed E-state index contributed by atoms with van der Waals surface area (Å²) in [5.41, 5.74) is 4.28. The van der Waals surface area contributed by atoms with E-state index < -0.39 is 0 Å². The van der Waals surface area contributed by atoms with E-state index >= 15 is 0 Å². The Morgan fingerprint density at radius 3 is 2.95 bits per heavy atom. The molecule has 1 fully saturated rings. The Hall–Kier alpha value is -1.10. The van der Waals surface area contributed by atoms with Crippen LogP contribution in [0.3, 0.4) is 0 Å². The molecule has 0 spiro atoms. The zero-order valence-electron chi connectivity index (χ0n) is 13.4. The standard InChI is InChI=1S/C17H27N3O/c1-18-12-16-17(20(3)9-10-21-16)14-6-7-15-13(11-14)5-4-8-19(15)2/h6-7,11,16-18H,4-5,8-10,12H2,1-3H3. The fourth-order valence-electron chi connectivity index (χ4n) is 3.69. The molecule has 2 aliphatic heterocycles. The second-order valence-electron chi connectivity index (χ2n) is 6.31. The highest BCUT2D eigenvalue weighted by Gasteiger charge is 2.31. The van der Waals surface area contributed by atoms with E-state index in [9.17, 15) is 0 Å². The van der Waals surface area contributed by atoms with E-state index in [0.717, 1.165) is 19.7 Å². The summed E-state index contributed by atoms with van der Waals surface area (Å²) >= 11 is 0. The number of morpholine rings is 1. The van der Waals surface area contributed by atoms with Crippen LogP contribution in [-0.2, 0) is 11.2 Å². The van der Waals surface area contributed by atoms with Gasteiger partial charge in [-0.25, -0.2) is 0 Å². The second-order valence-corrected chi connectivity index (χ2v) is 6.31. The summed E-state index contributed by atoms with van der Waals surface area (Å²) in [4.78, 5) is 4.80. The lowest BCUT2D eigenvalue weighted by molar-refractivity contribution is -0.0606. The number of hydrogen-bond donors (Lipinski definition) is 1. The van der Waals surface area contributed by atoms with Crippen LogP contribution in [0.1, 0.15) is 23.6 Å². The number of ether oxygens (including phenoxy) is 1. The molecule has 2 aliphatic rings. The number of nitrogens with one attached hydrogen (secondary N) is 1. The first-order valence-electron chi connectivity index (χ1n) is 8.01. The average Bonchev–Trinajstić information content (AvgIpc) is 2.48. The molecule has 116 valence electrons. The van der Waals surface area contributed by atoms with Crippen molar-refractivity contribution in [3.63, 3.8) is 0 Å². The van der Waals surface area contributed by atoms with Crippen LogP contribution in [0, 0.1) is 0 Å². The van der Waals surface area contributed by atoms with Crippen LogP contribution in [-0.4, -0.2) is 58.4 Å². The molecule has 1 N–H and O–H groups in total. The van der Waals surface area contributed by atoms with E-state index in [2.05, 4.69) is 47.4 Å². The minimum atomic E-state index is 0.230. The number of nitrogens with zero attached hydrogens (tertiary/aromatic N) is 2. The van der Waals surface area contributed by atoms with Gasteiger partial charge < -0.3 is 15.0 Å². The summed E-state index contributed by atoms with van der Waals surface area (Å²) in [5, 5.41) is 3.27. The van der Waals surface area contributed by atoms with Crippen molar-refractivity contribution in [1.82, 2.24) is 10.2 Å². The lowest BCUT2D eigenvalue weighted by Gasteiger charge is -2.40. The number of benzene rings is 1. The van der Waals surface area contributed by atoms with Crippen LogP contribution in [0.5, 0.6) is 0 Å². The van der Waals surface area contributed by atoms with E-state index in [1.807, 2.05) is 7.05 Å². The summed E-state index contributed by atoms with van der Waals surface area (Å²) in [6, 6.07) is 7.34. The molecule has 0 aliphatic carbocycles. The summed E-state index contributed by atoms with van der Waals surface area (Å²) in [7, 11) is 6.40. The summed E-state index contributed by atoms with van der Waals surface area (Å²) < 4.78 is 6.01. The van der Waals surface area contributed by atoms with Gasteiger partial charge in [0.05, 0.1) is 18.8 Å². The first kappa shape index (κ1) is 14.8. The molecule has 3 rings (SSSR count). The quantitative estimate of drug-likeness (QED) is 0.916. The lowest BCUT2D eigenvalue weighted by Crippen LogP contribution is -2.47. The van der Waals surface area contributed by atoms with Gasteiger partial charge in [-0.2, -0.15) is 0 Å². The summed E-state index contributed by atoms with van der Waals surface area (Å²) in [6.07, 6.45) is 2.68. The zero-order chi connectivity index (χ0) is 14.8. The molecule has 2 unspecified atom stereocenters. The van der Waals surface area contributed by atoms with Crippen LogP contribution in [0.2, 0.25) is 0 Å². The van der Waals surface area contributed by atoms with Gasteiger partial charge >= 0.3 is 0 Å². The Bertz CT molecular complexity index is 489. The van der Waals surface area contributed by atoms with Crippen LogP contribution in [0.25, 0.3) is 0 Å². The number of aryl methyl sites for hydroxylation is 1. The molecule has 1 aromatic rings. The lowest BCUT2D eigenvalue weighted by atomic mass is 9.93. The van der Waals surface area contributed by atoms with Crippen LogP contribution < -0.4 is 10.2 Å². The largest absolute Gasteiger partial charge is 0.374 e. The topological polar surface area (TPSA) is 27.7 Å². The van der Waals surface area contributed by atoms with Gasteiger partial charge in [0.1, 0.15) is 0 Å². The van der Waals surface area contributed by atoms with Crippen LogP contribution in [0.15, 0.2) is 18.2 Å². The smallest absolute Gasteiger partial charge is 0.0896 e.